The van der Waals surface area contributed by atoms with Gasteiger partial charge in [-0.1, -0.05) is 0 Å². The molecule has 0 spiro atoms. The van der Waals surface area contributed by atoms with Crippen molar-refractivity contribution >= 4 is 35.2 Å². The Kier molecular flexibility index (Phi) is 53.0. The van der Waals surface area contributed by atoms with Gasteiger partial charge in [-0.15, -0.1) is 0 Å². The van der Waals surface area contributed by atoms with Gasteiger partial charge in [0.2, 0.25) is 0 Å². The van der Waals surface area contributed by atoms with Crippen LogP contribution in [0.4, 0.5) is 0 Å². The molecule has 0 aromatic rings. The lowest BCUT2D eigenvalue weighted by molar-refractivity contribution is 0.131. The van der Waals surface area contributed by atoms with Crippen molar-refractivity contribution in [2.75, 3.05) is 64.0 Å². The van der Waals surface area contributed by atoms with Crippen molar-refractivity contribution in [1.29, 1.82) is 0 Å². The van der Waals surface area contributed by atoms with E-state index >= 15 is 0 Å². The molecule has 16 nitrogen and oxygen atoms in total. The van der Waals surface area contributed by atoms with Crippen molar-refractivity contribution in [3.63, 3.8) is 0 Å². The van der Waals surface area contributed by atoms with Gasteiger partial charge in [0.05, 0.1) is 0 Å². The summed E-state index contributed by atoms with van der Waals surface area (Å²) in [6.45, 7) is 5.92. The van der Waals surface area contributed by atoms with Gasteiger partial charge in [0.15, 0.2) is 0 Å². The summed E-state index contributed by atoms with van der Waals surface area (Å²) in [6.07, 6.45) is 0. The molecule has 20 heteroatoms. The van der Waals surface area contributed by atoms with Crippen LogP contribution in [0.2, 0.25) is 26.2 Å². The molecule has 0 aromatic carbocycles. The van der Waals surface area contributed by atoms with Gasteiger partial charge in [-0.25, -0.2) is 0 Å². The van der Waals surface area contributed by atoms with E-state index in [1.165, 1.54) is 13.7 Å². The second-order valence-electron chi connectivity index (χ2n) is 5.06. The summed E-state index contributed by atoms with van der Waals surface area (Å²) >= 11 is 0. The molecule has 0 bridgehead atoms. The van der Waals surface area contributed by atoms with Crippen molar-refractivity contribution in [3.05, 3.63) is 0 Å². The Morgan fingerprint density at radius 2 is 0.485 bits per heavy atom. The third kappa shape index (κ3) is 65.3. The van der Waals surface area contributed by atoms with Gasteiger partial charge < -0.3 is 76.1 Å². The summed E-state index contributed by atoms with van der Waals surface area (Å²) in [4.78, 5) is 39.9. The molecular weight excluding hydrogens is 524 g/mol. The van der Waals surface area contributed by atoms with Gasteiger partial charge in [0.1, 0.15) is 0 Å². The number of aliphatic hydroxyl groups is 2. The van der Waals surface area contributed by atoms with Gasteiger partial charge >= 0.3 is 35.2 Å². The highest BCUT2D eigenvalue weighted by Crippen LogP contribution is 2.02. The monoisotopic (exact) mass is 574 g/mol. The van der Waals surface area contributed by atoms with E-state index in [9.17, 15) is 0 Å². The molecule has 33 heavy (non-hydrogen) atoms. The summed E-state index contributed by atoms with van der Waals surface area (Å²) in [5.41, 5.74) is 0. The van der Waals surface area contributed by atoms with E-state index in [2.05, 4.69) is 4.43 Å². The molecule has 0 rings (SSSR count). The van der Waals surface area contributed by atoms with E-state index in [4.69, 9.17) is 60.7 Å². The second-order valence-corrected chi connectivity index (χ2v) is 15.2. The van der Waals surface area contributed by atoms with Crippen LogP contribution in [-0.4, -0.2) is 144 Å². The van der Waals surface area contributed by atoms with Crippen LogP contribution >= 0.6 is 0 Å². The topological polar surface area (TPSA) is 269 Å². The molecule has 0 aliphatic heterocycles. The van der Waals surface area contributed by atoms with Crippen LogP contribution in [0.3, 0.4) is 0 Å². The van der Waals surface area contributed by atoms with E-state index in [0.29, 0.717) is 0 Å². The van der Waals surface area contributed by atoms with Gasteiger partial charge in [-0.2, -0.15) is 0 Å². The first-order chi connectivity index (χ1) is 13.9. The lowest BCUT2D eigenvalue weighted by Crippen LogP contribution is -2.38. The zero-order chi connectivity index (χ0) is 26.9. The summed E-state index contributed by atoms with van der Waals surface area (Å²) in [6, 6.07) is 0. The second kappa shape index (κ2) is 32.2. The van der Waals surface area contributed by atoms with Crippen LogP contribution in [0.25, 0.3) is 0 Å². The van der Waals surface area contributed by atoms with E-state index in [-0.39, 0.29) is 11.0 Å². The summed E-state index contributed by atoms with van der Waals surface area (Å²) in [5.74, 6) is 0. The molecule has 0 unspecified atom stereocenters. The van der Waals surface area contributed by atoms with Crippen molar-refractivity contribution < 1.29 is 76.1 Å². The minimum Gasteiger partial charge on any atom is -0.412 e. The van der Waals surface area contributed by atoms with E-state index in [1.807, 2.05) is 13.1 Å². The summed E-state index contributed by atoms with van der Waals surface area (Å²) in [5, 5.41) is 14.0. The fourth-order valence-electron chi connectivity index (χ4n) is 0.500. The minimum absolute atomic E-state index is 0. The van der Waals surface area contributed by atoms with Crippen LogP contribution in [-0.2, 0) is 31.0 Å². The number of aliphatic hydroxyl groups excluding tert-OH is 2. The maximum absolute atomic E-state index is 8.30. The molecule has 214 valence electrons. The molecule has 0 heterocycles. The van der Waals surface area contributed by atoms with Crippen molar-refractivity contribution in [3.8, 4) is 0 Å². The molecule has 0 aromatic heterocycles. The lowest BCUT2D eigenvalue weighted by Gasteiger charge is -2.18. The molecule has 0 amide bonds. The maximum Gasteiger partial charge on any atom is 0.496 e. The zero-order valence-electron chi connectivity index (χ0n) is 22.0. The Balaban J connectivity index is -0.0000000397. The molecule has 0 saturated carbocycles. The Bertz CT molecular complexity index is 282. The van der Waals surface area contributed by atoms with Gasteiger partial charge in [-0.3, -0.25) is 0 Å². The largest absolute Gasteiger partial charge is 0.496 e. The van der Waals surface area contributed by atoms with E-state index in [1.54, 1.807) is 42.7 Å². The highest BCUT2D eigenvalue weighted by molar-refractivity contribution is 6.59. The Morgan fingerprint density at radius 1 is 0.394 bits per heavy atom. The summed E-state index contributed by atoms with van der Waals surface area (Å²) < 4.78 is 33.8. The standard InChI is InChI=1S/2C4H12O3Si.C2H8O3Si.CH6O3Si.2CH4O.2H2O/c2*1-5-8(4,6-2)7-3;1-5-6(2,3)4;1-5(2,3)4;2*1-2;;/h2*1-4H3;3-4H,1-2H3;2-4H,1H3;2*2H,1H3;2*1H2. The van der Waals surface area contributed by atoms with Crippen LogP contribution in [0.15, 0.2) is 0 Å². The Morgan fingerprint density at radius 3 is 0.485 bits per heavy atom. The first kappa shape index (κ1) is 54.2. The van der Waals surface area contributed by atoms with Crippen molar-refractivity contribution in [2.45, 2.75) is 26.2 Å². The lowest BCUT2D eigenvalue weighted by atomic mass is 11.8. The predicted octanol–water partition coefficient (Wildman–Crippen LogP) is -3.73. The molecule has 0 radical (unpaired) electrons. The summed E-state index contributed by atoms with van der Waals surface area (Å²) in [7, 11) is 1.68. The third-order valence-corrected chi connectivity index (χ3v) is 7.83. The molecular formula is C13H50O16Si4. The van der Waals surface area contributed by atoms with Crippen LogP contribution < -0.4 is 0 Å². The Hall–Kier alpha value is 0.228. The SMILES string of the molecule is CO.CO.CO[Si](C)(O)O.CO[Si](C)(OC)OC.CO[Si](C)(OC)OC.C[Si](O)(O)O.O.O. The molecule has 0 atom stereocenters. The molecule has 0 aliphatic rings. The number of hydrogen-bond acceptors (Lipinski definition) is 14. The van der Waals surface area contributed by atoms with Gasteiger partial charge in [0, 0.05) is 90.2 Å². The third-order valence-electron chi connectivity index (χ3n) is 2.61. The van der Waals surface area contributed by atoms with E-state index in [0.717, 1.165) is 20.8 Å². The van der Waals surface area contributed by atoms with E-state index < -0.39 is 35.2 Å². The Labute approximate surface area is 201 Å². The normalized spacial score (nSPS) is 10.2. The fourth-order valence-corrected chi connectivity index (χ4v) is 1.50. The first-order valence-corrected chi connectivity index (χ1v) is 17.4. The van der Waals surface area contributed by atoms with Gasteiger partial charge in [-0.05, 0) is 0 Å². The van der Waals surface area contributed by atoms with Crippen LogP contribution in [0.5, 0.6) is 0 Å². The highest BCUT2D eigenvalue weighted by atomic mass is 28.4. The quantitative estimate of drug-likeness (QED) is 0.144. The smallest absolute Gasteiger partial charge is 0.412 e. The predicted molar refractivity (Wildman–Crippen MR) is 130 cm³/mol. The van der Waals surface area contributed by atoms with Crippen LogP contribution in [0, 0.1) is 0 Å². The highest BCUT2D eigenvalue weighted by Gasteiger charge is 2.30. The molecule has 0 fully saturated rings. The number of rotatable bonds is 7. The average molecular weight is 575 g/mol. The maximum atomic E-state index is 8.30. The number of hydrogen-bond donors (Lipinski definition) is 7. The fraction of sp³-hybridized carbons (Fsp3) is 1.00. The van der Waals surface area contributed by atoms with Crippen LogP contribution in [0.1, 0.15) is 0 Å². The minimum atomic E-state index is -3.61. The zero-order valence-corrected chi connectivity index (χ0v) is 26.0. The molecule has 0 saturated heterocycles. The van der Waals surface area contributed by atoms with Crippen molar-refractivity contribution in [2.24, 2.45) is 0 Å². The molecule has 11 N–H and O–H groups in total. The molecule has 0 aliphatic carbocycles. The van der Waals surface area contributed by atoms with Gasteiger partial charge in [0.25, 0.3) is 0 Å². The first-order valence-electron chi connectivity index (χ1n) is 8.30. The average Bonchev–Trinajstić information content (AvgIpc) is 2.74. The van der Waals surface area contributed by atoms with Crippen molar-refractivity contribution in [1.82, 2.24) is 0 Å².